The van der Waals surface area contributed by atoms with Crippen molar-refractivity contribution in [1.29, 1.82) is 0 Å². The maximum atomic E-state index is 13.0. The zero-order valence-corrected chi connectivity index (χ0v) is 18.3. The molecule has 3 rings (SSSR count). The average molecular weight is 440 g/mol. The largest absolute Gasteiger partial charge is 0.497 e. The minimum atomic E-state index is -0.887. The molecule has 2 amide bonds. The maximum absolute atomic E-state index is 13.0. The van der Waals surface area contributed by atoms with Gasteiger partial charge in [-0.15, -0.1) is 0 Å². The van der Waals surface area contributed by atoms with Gasteiger partial charge in [0.1, 0.15) is 24.4 Å². The maximum Gasteiger partial charge on any atom is 0.410 e. The number of benzene rings is 2. The lowest BCUT2D eigenvalue weighted by Gasteiger charge is -2.25. The average Bonchev–Trinajstić information content (AvgIpc) is 3.32. The number of amides is 2. The number of hydrogen-bond acceptors (Lipinski definition) is 6. The molecule has 2 aromatic rings. The highest BCUT2D eigenvalue weighted by molar-refractivity contribution is 5.90. The fraction of sp³-hybridized carbons (Fsp3) is 0.375. The summed E-state index contributed by atoms with van der Waals surface area (Å²) < 4.78 is 15.5. The number of nitrogens with zero attached hydrogens (tertiary/aromatic N) is 1. The van der Waals surface area contributed by atoms with Gasteiger partial charge in [-0.1, -0.05) is 42.5 Å². The lowest BCUT2D eigenvalue weighted by atomic mass is 10.0. The molecule has 1 saturated heterocycles. The van der Waals surface area contributed by atoms with Crippen LogP contribution in [0.25, 0.3) is 0 Å². The van der Waals surface area contributed by atoms with Gasteiger partial charge in [0.15, 0.2) is 0 Å². The summed E-state index contributed by atoms with van der Waals surface area (Å²) in [4.78, 5) is 39.3. The van der Waals surface area contributed by atoms with Crippen LogP contribution in [0.2, 0.25) is 0 Å². The van der Waals surface area contributed by atoms with Crippen molar-refractivity contribution in [3.8, 4) is 5.75 Å². The highest BCUT2D eigenvalue weighted by Gasteiger charge is 2.37. The molecule has 0 radical (unpaired) electrons. The molecule has 0 unspecified atom stereocenters. The van der Waals surface area contributed by atoms with Gasteiger partial charge in [0.25, 0.3) is 0 Å². The standard InChI is InChI=1S/C24H28N2O6/c1-30-19-11-6-10-18(14-19)15-20(23(28)31-2)25-22(27)21-12-7-13-26(21)24(29)32-16-17-8-4-3-5-9-17/h3-6,8-11,14,20-21H,7,12-13,15-16H2,1-2H3,(H,25,27)/t20-,21-/m1/s1. The Labute approximate surface area is 187 Å². The topological polar surface area (TPSA) is 94.2 Å². The van der Waals surface area contributed by atoms with Gasteiger partial charge in [-0.2, -0.15) is 0 Å². The SMILES string of the molecule is COC(=O)[C@@H](Cc1cccc(OC)c1)NC(=O)[C@H]1CCCN1C(=O)OCc1ccccc1. The van der Waals surface area contributed by atoms with Crippen LogP contribution < -0.4 is 10.1 Å². The molecule has 1 fully saturated rings. The second kappa shape index (κ2) is 11.2. The van der Waals surface area contributed by atoms with Crippen molar-refractivity contribution >= 4 is 18.0 Å². The molecule has 1 heterocycles. The van der Waals surface area contributed by atoms with Gasteiger partial charge in [0, 0.05) is 13.0 Å². The highest BCUT2D eigenvalue weighted by Crippen LogP contribution is 2.20. The molecule has 8 nitrogen and oxygen atoms in total. The highest BCUT2D eigenvalue weighted by atomic mass is 16.6. The first-order valence-electron chi connectivity index (χ1n) is 10.5. The van der Waals surface area contributed by atoms with Crippen LogP contribution in [0, 0.1) is 0 Å². The third-order valence-electron chi connectivity index (χ3n) is 5.37. The van der Waals surface area contributed by atoms with Crippen molar-refractivity contribution in [3.05, 3.63) is 65.7 Å². The normalized spacial score (nSPS) is 16.2. The molecule has 1 N–H and O–H groups in total. The van der Waals surface area contributed by atoms with Gasteiger partial charge in [0.2, 0.25) is 5.91 Å². The van der Waals surface area contributed by atoms with E-state index in [0.29, 0.717) is 25.1 Å². The molecule has 1 aliphatic rings. The van der Waals surface area contributed by atoms with Crippen molar-refractivity contribution < 1.29 is 28.6 Å². The van der Waals surface area contributed by atoms with E-state index in [1.165, 1.54) is 12.0 Å². The quantitative estimate of drug-likeness (QED) is 0.635. The predicted molar refractivity (Wildman–Crippen MR) is 117 cm³/mol. The molecule has 1 aliphatic heterocycles. The number of methoxy groups -OCH3 is 2. The summed E-state index contributed by atoms with van der Waals surface area (Å²) in [6.07, 6.45) is 0.867. The predicted octanol–water partition coefficient (Wildman–Crippen LogP) is 2.70. The number of likely N-dealkylation sites (tertiary alicyclic amines) is 1. The van der Waals surface area contributed by atoms with Crippen LogP contribution in [0.3, 0.4) is 0 Å². The van der Waals surface area contributed by atoms with Crippen LogP contribution in [-0.2, 0) is 32.1 Å². The van der Waals surface area contributed by atoms with Gasteiger partial charge in [-0.05, 0) is 36.1 Å². The smallest absolute Gasteiger partial charge is 0.410 e. The second-order valence-corrected chi connectivity index (χ2v) is 7.53. The van der Waals surface area contributed by atoms with Gasteiger partial charge < -0.3 is 19.5 Å². The zero-order valence-electron chi connectivity index (χ0n) is 18.3. The van der Waals surface area contributed by atoms with Crippen LogP contribution in [0.1, 0.15) is 24.0 Å². The first kappa shape index (κ1) is 23.1. The summed E-state index contributed by atoms with van der Waals surface area (Å²) in [6.45, 7) is 0.551. The summed E-state index contributed by atoms with van der Waals surface area (Å²) in [5.41, 5.74) is 1.68. The first-order chi connectivity index (χ1) is 15.5. The number of rotatable bonds is 8. The number of esters is 1. The van der Waals surface area contributed by atoms with E-state index in [9.17, 15) is 14.4 Å². The van der Waals surface area contributed by atoms with E-state index in [2.05, 4.69) is 5.32 Å². The van der Waals surface area contributed by atoms with Crippen LogP contribution in [0.5, 0.6) is 5.75 Å². The van der Waals surface area contributed by atoms with E-state index in [1.54, 1.807) is 19.2 Å². The number of hydrogen-bond donors (Lipinski definition) is 1. The molecule has 0 bridgehead atoms. The molecule has 170 valence electrons. The van der Waals surface area contributed by atoms with Crippen molar-refractivity contribution in [2.24, 2.45) is 0 Å². The van der Waals surface area contributed by atoms with Gasteiger partial charge in [-0.25, -0.2) is 9.59 Å². The molecular weight excluding hydrogens is 412 g/mol. The minimum Gasteiger partial charge on any atom is -0.497 e. The summed E-state index contributed by atoms with van der Waals surface area (Å²) >= 11 is 0. The minimum absolute atomic E-state index is 0.130. The Morgan fingerprint density at radius 2 is 1.81 bits per heavy atom. The number of carbonyl (C=O) groups is 3. The van der Waals surface area contributed by atoms with Crippen molar-refractivity contribution in [3.63, 3.8) is 0 Å². The Hall–Kier alpha value is -3.55. The molecule has 32 heavy (non-hydrogen) atoms. The first-order valence-corrected chi connectivity index (χ1v) is 10.5. The van der Waals surface area contributed by atoms with Crippen molar-refractivity contribution in [2.45, 2.75) is 38.0 Å². The van der Waals surface area contributed by atoms with Crippen molar-refractivity contribution in [1.82, 2.24) is 10.2 Å². The molecule has 8 heteroatoms. The Kier molecular flexibility index (Phi) is 8.08. The van der Waals surface area contributed by atoms with E-state index in [-0.39, 0.29) is 13.0 Å². The molecule has 0 aliphatic carbocycles. The molecule has 0 spiro atoms. The monoisotopic (exact) mass is 440 g/mol. The summed E-state index contributed by atoms with van der Waals surface area (Å²) in [6, 6.07) is 15.0. The van der Waals surface area contributed by atoms with Crippen LogP contribution >= 0.6 is 0 Å². The van der Waals surface area contributed by atoms with Crippen LogP contribution in [0.15, 0.2) is 54.6 Å². The third kappa shape index (κ3) is 6.00. The van der Waals surface area contributed by atoms with Crippen LogP contribution in [-0.4, -0.2) is 55.7 Å². The summed E-state index contributed by atoms with van der Waals surface area (Å²) in [5.74, 6) is -0.310. The van der Waals surface area contributed by atoms with Crippen LogP contribution in [0.4, 0.5) is 4.79 Å². The van der Waals surface area contributed by atoms with E-state index in [4.69, 9.17) is 14.2 Å². The number of ether oxygens (including phenoxy) is 3. The Bertz CT molecular complexity index is 933. The van der Waals surface area contributed by atoms with E-state index < -0.39 is 30.1 Å². The zero-order chi connectivity index (χ0) is 22.9. The van der Waals surface area contributed by atoms with E-state index >= 15 is 0 Å². The van der Waals surface area contributed by atoms with E-state index in [0.717, 1.165) is 11.1 Å². The fourth-order valence-electron chi connectivity index (χ4n) is 3.70. The van der Waals surface area contributed by atoms with E-state index in [1.807, 2.05) is 42.5 Å². The van der Waals surface area contributed by atoms with Crippen molar-refractivity contribution in [2.75, 3.05) is 20.8 Å². The second-order valence-electron chi connectivity index (χ2n) is 7.53. The Morgan fingerprint density at radius 3 is 2.53 bits per heavy atom. The van der Waals surface area contributed by atoms with Gasteiger partial charge in [-0.3, -0.25) is 9.69 Å². The number of nitrogens with one attached hydrogen (secondary N) is 1. The molecule has 0 saturated carbocycles. The van der Waals surface area contributed by atoms with Gasteiger partial charge >= 0.3 is 12.1 Å². The lowest BCUT2D eigenvalue weighted by Crippen LogP contribution is -2.51. The third-order valence-corrected chi connectivity index (χ3v) is 5.37. The molecule has 2 atom stereocenters. The summed E-state index contributed by atoms with van der Waals surface area (Å²) in [5, 5.41) is 2.75. The Balaban J connectivity index is 1.63. The number of carbonyl (C=O) groups excluding carboxylic acids is 3. The molecular formula is C24H28N2O6. The van der Waals surface area contributed by atoms with Gasteiger partial charge in [0.05, 0.1) is 14.2 Å². The Morgan fingerprint density at radius 1 is 1.06 bits per heavy atom. The fourth-order valence-corrected chi connectivity index (χ4v) is 3.70. The molecule has 2 aromatic carbocycles. The summed E-state index contributed by atoms with van der Waals surface area (Å²) in [7, 11) is 2.83. The molecule has 0 aromatic heterocycles. The lowest BCUT2D eigenvalue weighted by molar-refractivity contribution is -0.145.